The van der Waals surface area contributed by atoms with Crippen LogP contribution in [-0.2, 0) is 6.54 Å². The third kappa shape index (κ3) is 2.57. The van der Waals surface area contributed by atoms with Gasteiger partial charge in [0.2, 0.25) is 0 Å². The molecule has 1 heterocycles. The van der Waals surface area contributed by atoms with Crippen LogP contribution in [-0.4, -0.2) is 20.6 Å². The average Bonchev–Trinajstić information content (AvgIpc) is 2.58. The molecule has 0 radical (unpaired) electrons. The fourth-order valence-electron chi connectivity index (χ4n) is 1.08. The van der Waals surface area contributed by atoms with Gasteiger partial charge in [-0.1, -0.05) is 17.7 Å². The smallest absolute Gasteiger partial charge is 0.352 e. The summed E-state index contributed by atoms with van der Waals surface area (Å²) in [5.41, 5.74) is 0.823. The lowest BCUT2D eigenvalue weighted by Gasteiger charge is -1.99. The van der Waals surface area contributed by atoms with Crippen LogP contribution in [0.15, 0.2) is 23.9 Å². The van der Waals surface area contributed by atoms with Crippen LogP contribution in [0.3, 0.4) is 0 Å². The fourth-order valence-corrected chi connectivity index (χ4v) is 1.16. The molecule has 1 N–H and O–H groups in total. The van der Waals surface area contributed by atoms with Gasteiger partial charge in [0.1, 0.15) is 5.69 Å². The van der Waals surface area contributed by atoms with Crippen LogP contribution < -0.4 is 0 Å². The van der Waals surface area contributed by atoms with Crippen molar-refractivity contribution in [2.45, 2.75) is 6.54 Å². The molecule has 0 aliphatic rings. The molecule has 15 heavy (non-hydrogen) atoms. The molecule has 0 unspecified atom stereocenters. The molecule has 0 bridgehead atoms. The molecule has 6 nitrogen and oxygen atoms in total. The van der Waals surface area contributed by atoms with Crippen LogP contribution in [0.4, 0.5) is 5.69 Å². The second-order valence-corrected chi connectivity index (χ2v) is 2.91. The lowest BCUT2D eigenvalue weighted by atomic mass is 10.4. The highest BCUT2D eigenvalue weighted by Crippen LogP contribution is 2.16. The summed E-state index contributed by atoms with van der Waals surface area (Å²) in [6, 6.07) is 1.00. The first-order valence-corrected chi connectivity index (χ1v) is 4.33. The van der Waals surface area contributed by atoms with E-state index in [1.54, 1.807) is 0 Å². The van der Waals surface area contributed by atoms with E-state index >= 15 is 0 Å². The zero-order valence-electron chi connectivity index (χ0n) is 7.46. The number of halogens is 1. The summed E-state index contributed by atoms with van der Waals surface area (Å²) >= 11 is 5.28. The van der Waals surface area contributed by atoms with Gasteiger partial charge in [0.15, 0.2) is 0 Å². The first-order chi connectivity index (χ1) is 7.06. The van der Waals surface area contributed by atoms with E-state index < -0.39 is 10.9 Å². The molecule has 0 spiro atoms. The van der Waals surface area contributed by atoms with E-state index in [1.165, 1.54) is 16.2 Å². The van der Waals surface area contributed by atoms with Crippen molar-refractivity contribution in [3.05, 3.63) is 39.7 Å². The summed E-state index contributed by atoms with van der Waals surface area (Å²) in [5, 5.41) is 19.2. The van der Waals surface area contributed by atoms with Crippen LogP contribution in [0.2, 0.25) is 0 Å². The number of hydrogen-bond donors (Lipinski definition) is 1. The molecular formula is C8H7ClN2O4. The van der Waals surface area contributed by atoms with Gasteiger partial charge in [0.05, 0.1) is 11.1 Å². The van der Waals surface area contributed by atoms with E-state index in [4.69, 9.17) is 16.7 Å². The Morgan fingerprint density at radius 3 is 2.87 bits per heavy atom. The number of carboxylic acid groups (broad SMARTS) is 1. The molecule has 80 valence electrons. The summed E-state index contributed by atoms with van der Waals surface area (Å²) in [6.45, 7) is 0.180. The first kappa shape index (κ1) is 11.3. The van der Waals surface area contributed by atoms with Gasteiger partial charge in [-0.15, -0.1) is 0 Å². The van der Waals surface area contributed by atoms with Crippen molar-refractivity contribution in [2.75, 3.05) is 0 Å². The predicted molar refractivity (Wildman–Crippen MR) is 53.0 cm³/mol. The van der Waals surface area contributed by atoms with Crippen LogP contribution in [0, 0.1) is 10.1 Å². The maximum absolute atomic E-state index is 10.7. The zero-order chi connectivity index (χ0) is 11.4. The molecule has 0 aromatic carbocycles. The highest BCUT2D eigenvalue weighted by molar-refractivity contribution is 6.25. The van der Waals surface area contributed by atoms with Gasteiger partial charge in [-0.3, -0.25) is 10.1 Å². The molecular weight excluding hydrogens is 224 g/mol. The number of aromatic nitrogens is 1. The number of allylic oxidation sites excluding steroid dienone is 1. The number of rotatable bonds is 4. The number of carbonyl (C=O) groups is 1. The van der Waals surface area contributed by atoms with Crippen LogP contribution in [0.25, 0.3) is 0 Å². The van der Waals surface area contributed by atoms with Gasteiger partial charge in [-0.2, -0.15) is 0 Å². The normalized spacial score (nSPS) is 10.7. The quantitative estimate of drug-likeness (QED) is 0.632. The zero-order valence-corrected chi connectivity index (χ0v) is 8.22. The molecule has 0 atom stereocenters. The van der Waals surface area contributed by atoms with Gasteiger partial charge >= 0.3 is 5.97 Å². The van der Waals surface area contributed by atoms with E-state index in [9.17, 15) is 14.9 Å². The topological polar surface area (TPSA) is 85.4 Å². The third-order valence-corrected chi connectivity index (χ3v) is 1.88. The molecule has 1 rings (SSSR count). The molecule has 1 aromatic rings. The molecule has 1 aromatic heterocycles. The maximum Gasteiger partial charge on any atom is 0.352 e. The molecule has 7 heteroatoms. The van der Waals surface area contributed by atoms with E-state index in [-0.39, 0.29) is 17.9 Å². The molecule has 0 saturated heterocycles. The van der Waals surface area contributed by atoms with Crippen LogP contribution >= 0.6 is 11.6 Å². The maximum atomic E-state index is 10.7. The number of nitro groups is 1. The lowest BCUT2D eigenvalue weighted by Crippen LogP contribution is -2.06. The summed E-state index contributed by atoms with van der Waals surface area (Å²) in [6.07, 6.45) is 2.64. The minimum atomic E-state index is -1.22. The molecule has 0 saturated carbocycles. The van der Waals surface area contributed by atoms with Crippen LogP contribution in [0.5, 0.6) is 0 Å². The largest absolute Gasteiger partial charge is 0.477 e. The summed E-state index contributed by atoms with van der Waals surface area (Å²) in [4.78, 5) is 20.5. The van der Waals surface area contributed by atoms with Crippen molar-refractivity contribution in [3.63, 3.8) is 0 Å². The Hall–Kier alpha value is -1.82. The second kappa shape index (κ2) is 4.61. The Balaban J connectivity index is 3.11. The Morgan fingerprint density at radius 1 is 1.73 bits per heavy atom. The first-order valence-electron chi connectivity index (χ1n) is 3.89. The predicted octanol–water partition coefficient (Wildman–Crippen LogP) is 1.85. The summed E-state index contributed by atoms with van der Waals surface area (Å²) < 4.78 is 1.24. The van der Waals surface area contributed by atoms with E-state index in [0.29, 0.717) is 0 Å². The van der Waals surface area contributed by atoms with Crippen molar-refractivity contribution in [1.29, 1.82) is 0 Å². The Morgan fingerprint density at radius 2 is 2.40 bits per heavy atom. The van der Waals surface area contributed by atoms with E-state index in [1.807, 2.05) is 0 Å². The van der Waals surface area contributed by atoms with E-state index in [2.05, 4.69) is 0 Å². The third-order valence-electron chi connectivity index (χ3n) is 1.70. The van der Waals surface area contributed by atoms with Crippen molar-refractivity contribution in [2.24, 2.45) is 0 Å². The monoisotopic (exact) mass is 230 g/mol. The number of hydrogen-bond acceptors (Lipinski definition) is 3. The molecule has 0 fully saturated rings. The number of aromatic carboxylic acids is 1. The van der Waals surface area contributed by atoms with E-state index in [0.717, 1.165) is 12.3 Å². The van der Waals surface area contributed by atoms with Crippen LogP contribution in [0.1, 0.15) is 10.5 Å². The number of nitrogens with zero attached hydrogens (tertiary/aromatic N) is 2. The minimum Gasteiger partial charge on any atom is -0.477 e. The fraction of sp³-hybridized carbons (Fsp3) is 0.125. The Bertz CT molecular complexity index is 424. The molecule has 0 aliphatic heterocycles. The summed E-state index contributed by atoms with van der Waals surface area (Å²) in [7, 11) is 0. The highest BCUT2D eigenvalue weighted by atomic mass is 35.5. The highest BCUT2D eigenvalue weighted by Gasteiger charge is 2.17. The van der Waals surface area contributed by atoms with Gasteiger partial charge < -0.3 is 9.67 Å². The average molecular weight is 231 g/mol. The summed E-state index contributed by atoms with van der Waals surface area (Å²) in [5.74, 6) is -1.22. The molecule has 0 aliphatic carbocycles. The lowest BCUT2D eigenvalue weighted by molar-refractivity contribution is -0.384. The van der Waals surface area contributed by atoms with Crippen molar-refractivity contribution in [1.82, 2.24) is 4.57 Å². The SMILES string of the molecule is O=C(O)c1cc([N+](=O)[O-])cn1CC=CCl. The number of carboxylic acids is 1. The Labute approximate surface area is 89.5 Å². The van der Waals surface area contributed by atoms with Crippen molar-refractivity contribution in [3.8, 4) is 0 Å². The molecule has 0 amide bonds. The second-order valence-electron chi connectivity index (χ2n) is 2.66. The van der Waals surface area contributed by atoms with Gasteiger partial charge in [0, 0.05) is 18.1 Å². The van der Waals surface area contributed by atoms with Crippen molar-refractivity contribution >= 4 is 23.3 Å². The van der Waals surface area contributed by atoms with Gasteiger partial charge in [0.25, 0.3) is 5.69 Å². The van der Waals surface area contributed by atoms with Gasteiger partial charge in [-0.05, 0) is 0 Å². The Kier molecular flexibility index (Phi) is 3.46. The van der Waals surface area contributed by atoms with Gasteiger partial charge in [-0.25, -0.2) is 4.79 Å². The minimum absolute atomic E-state index is 0.142. The standard InChI is InChI=1S/C8H7ClN2O4/c9-2-1-3-10-5-6(11(14)15)4-7(10)8(12)13/h1-2,4-5H,3H2,(H,12,13). The van der Waals surface area contributed by atoms with Crippen molar-refractivity contribution < 1.29 is 14.8 Å².